The van der Waals surface area contributed by atoms with E-state index < -0.39 is 0 Å². The zero-order valence-corrected chi connectivity index (χ0v) is 12.1. The second kappa shape index (κ2) is 7.10. The summed E-state index contributed by atoms with van der Waals surface area (Å²) < 4.78 is 0. The van der Waals surface area contributed by atoms with E-state index >= 15 is 0 Å². The number of piperidine rings is 1. The van der Waals surface area contributed by atoms with Crippen LogP contribution in [0.25, 0.3) is 0 Å². The summed E-state index contributed by atoms with van der Waals surface area (Å²) in [5.74, 6) is 0.420. The molecule has 4 nitrogen and oxygen atoms in total. The first-order valence-corrected chi connectivity index (χ1v) is 7.15. The molecule has 0 saturated carbocycles. The number of rotatable bonds is 5. The van der Waals surface area contributed by atoms with Crippen molar-refractivity contribution in [2.45, 2.75) is 52.7 Å². The molecule has 2 N–H and O–H groups in total. The lowest BCUT2D eigenvalue weighted by Crippen LogP contribution is -2.54. The summed E-state index contributed by atoms with van der Waals surface area (Å²) in [5.41, 5.74) is 0. The molecule has 1 amide bonds. The van der Waals surface area contributed by atoms with Gasteiger partial charge in [-0.2, -0.15) is 0 Å². The number of amides is 1. The summed E-state index contributed by atoms with van der Waals surface area (Å²) in [6.45, 7) is 10.3. The fraction of sp³-hybridized carbons (Fsp3) is 0.929. The van der Waals surface area contributed by atoms with Crippen molar-refractivity contribution < 1.29 is 9.90 Å². The van der Waals surface area contributed by atoms with E-state index in [-0.39, 0.29) is 23.8 Å². The first-order chi connectivity index (χ1) is 8.45. The van der Waals surface area contributed by atoms with E-state index in [1.165, 1.54) is 0 Å². The van der Waals surface area contributed by atoms with Crippen LogP contribution in [0.5, 0.6) is 0 Å². The average molecular weight is 256 g/mol. The Morgan fingerprint density at radius 2 is 2.06 bits per heavy atom. The molecular weight excluding hydrogens is 228 g/mol. The van der Waals surface area contributed by atoms with Gasteiger partial charge in [-0.1, -0.05) is 20.8 Å². The monoisotopic (exact) mass is 256 g/mol. The molecule has 4 heteroatoms. The van der Waals surface area contributed by atoms with Gasteiger partial charge in [0.15, 0.2) is 0 Å². The Balaban J connectivity index is 2.64. The molecular formula is C14H28N2O2. The van der Waals surface area contributed by atoms with Crippen LogP contribution in [0.2, 0.25) is 0 Å². The minimum Gasteiger partial charge on any atom is -0.393 e. The van der Waals surface area contributed by atoms with Gasteiger partial charge in [-0.15, -0.1) is 0 Å². The Labute approximate surface area is 111 Å². The number of aliphatic hydroxyl groups is 1. The third kappa shape index (κ3) is 4.25. The SMILES string of the molecule is CCCNC1CC(C(C)O)CN(C(=O)C(C)C)C1. The molecule has 18 heavy (non-hydrogen) atoms. The van der Waals surface area contributed by atoms with Crippen LogP contribution in [0, 0.1) is 11.8 Å². The van der Waals surface area contributed by atoms with Crippen molar-refractivity contribution in [3.8, 4) is 0 Å². The van der Waals surface area contributed by atoms with Crippen molar-refractivity contribution >= 4 is 5.91 Å². The van der Waals surface area contributed by atoms with Gasteiger partial charge >= 0.3 is 0 Å². The summed E-state index contributed by atoms with van der Waals surface area (Å²) in [6.07, 6.45) is 1.70. The van der Waals surface area contributed by atoms with Crippen molar-refractivity contribution in [3.63, 3.8) is 0 Å². The lowest BCUT2D eigenvalue weighted by molar-refractivity contribution is -0.137. The van der Waals surface area contributed by atoms with Crippen molar-refractivity contribution in [2.75, 3.05) is 19.6 Å². The van der Waals surface area contributed by atoms with E-state index in [2.05, 4.69) is 12.2 Å². The smallest absolute Gasteiger partial charge is 0.225 e. The Kier molecular flexibility index (Phi) is 6.09. The lowest BCUT2D eigenvalue weighted by Gasteiger charge is -2.40. The zero-order chi connectivity index (χ0) is 13.7. The highest BCUT2D eigenvalue weighted by atomic mass is 16.3. The Bertz CT molecular complexity index is 267. The predicted molar refractivity (Wildman–Crippen MR) is 73.3 cm³/mol. The maximum atomic E-state index is 12.1. The van der Waals surface area contributed by atoms with Crippen molar-refractivity contribution in [3.05, 3.63) is 0 Å². The lowest BCUT2D eigenvalue weighted by atomic mass is 9.89. The summed E-state index contributed by atoms with van der Waals surface area (Å²) in [6, 6.07) is 0.320. The highest BCUT2D eigenvalue weighted by Gasteiger charge is 2.32. The molecule has 106 valence electrons. The molecule has 0 aromatic heterocycles. The van der Waals surface area contributed by atoms with Gasteiger partial charge in [-0.3, -0.25) is 4.79 Å². The second-order valence-corrected chi connectivity index (χ2v) is 5.79. The van der Waals surface area contributed by atoms with Crippen molar-refractivity contribution in [1.82, 2.24) is 10.2 Å². The number of aliphatic hydroxyl groups excluding tert-OH is 1. The Morgan fingerprint density at radius 3 is 2.56 bits per heavy atom. The van der Waals surface area contributed by atoms with E-state index in [9.17, 15) is 9.90 Å². The molecule has 0 bridgehead atoms. The third-order valence-electron chi connectivity index (χ3n) is 3.65. The molecule has 0 aromatic carbocycles. The van der Waals surface area contributed by atoms with Crippen LogP contribution in [0.3, 0.4) is 0 Å². The molecule has 1 fully saturated rings. The van der Waals surface area contributed by atoms with Gasteiger partial charge in [0.25, 0.3) is 0 Å². The van der Waals surface area contributed by atoms with Crippen molar-refractivity contribution in [2.24, 2.45) is 11.8 Å². The van der Waals surface area contributed by atoms with Gasteiger partial charge in [0.1, 0.15) is 0 Å². The number of carbonyl (C=O) groups is 1. The molecule has 3 atom stereocenters. The minimum absolute atomic E-state index is 0.0320. The molecule has 1 aliphatic rings. The molecule has 1 saturated heterocycles. The van der Waals surface area contributed by atoms with Crippen LogP contribution in [-0.2, 0) is 4.79 Å². The normalized spacial score (nSPS) is 26.4. The fourth-order valence-corrected chi connectivity index (χ4v) is 2.53. The molecule has 0 aromatic rings. The number of hydrogen-bond donors (Lipinski definition) is 2. The van der Waals surface area contributed by atoms with Gasteiger partial charge in [0.05, 0.1) is 6.10 Å². The summed E-state index contributed by atoms with van der Waals surface area (Å²) in [7, 11) is 0. The zero-order valence-electron chi connectivity index (χ0n) is 12.1. The van der Waals surface area contributed by atoms with Crippen LogP contribution < -0.4 is 5.32 Å². The molecule has 3 unspecified atom stereocenters. The van der Waals surface area contributed by atoms with Crippen LogP contribution in [0.4, 0.5) is 0 Å². The maximum Gasteiger partial charge on any atom is 0.225 e. The fourth-order valence-electron chi connectivity index (χ4n) is 2.53. The summed E-state index contributed by atoms with van der Waals surface area (Å²) in [5, 5.41) is 13.3. The number of likely N-dealkylation sites (tertiary alicyclic amines) is 1. The Morgan fingerprint density at radius 1 is 1.39 bits per heavy atom. The number of hydrogen-bond acceptors (Lipinski definition) is 3. The van der Waals surface area contributed by atoms with Crippen LogP contribution in [0.15, 0.2) is 0 Å². The molecule has 0 aliphatic carbocycles. The molecule has 1 heterocycles. The van der Waals surface area contributed by atoms with Crippen molar-refractivity contribution in [1.29, 1.82) is 0 Å². The highest BCUT2D eigenvalue weighted by molar-refractivity contribution is 5.78. The van der Waals surface area contributed by atoms with Gasteiger partial charge in [0.2, 0.25) is 5.91 Å². The standard InChI is InChI=1S/C14H28N2O2/c1-5-6-15-13-7-12(11(4)17)8-16(9-13)14(18)10(2)3/h10-13,15,17H,5-9H2,1-4H3. The van der Waals surface area contributed by atoms with E-state index in [1.54, 1.807) is 0 Å². The molecule has 0 radical (unpaired) electrons. The quantitative estimate of drug-likeness (QED) is 0.778. The third-order valence-corrected chi connectivity index (χ3v) is 3.65. The van der Waals surface area contributed by atoms with E-state index in [0.717, 1.165) is 25.9 Å². The Hall–Kier alpha value is -0.610. The largest absolute Gasteiger partial charge is 0.393 e. The minimum atomic E-state index is -0.348. The second-order valence-electron chi connectivity index (χ2n) is 5.79. The first-order valence-electron chi connectivity index (χ1n) is 7.15. The maximum absolute atomic E-state index is 12.1. The topological polar surface area (TPSA) is 52.6 Å². The van der Waals surface area contributed by atoms with E-state index in [4.69, 9.17) is 0 Å². The summed E-state index contributed by atoms with van der Waals surface area (Å²) >= 11 is 0. The van der Waals surface area contributed by atoms with Crippen LogP contribution >= 0.6 is 0 Å². The van der Waals surface area contributed by atoms with Crippen LogP contribution in [-0.4, -0.2) is 47.7 Å². The van der Waals surface area contributed by atoms with Crippen LogP contribution in [0.1, 0.15) is 40.5 Å². The molecule has 1 aliphatic heterocycles. The van der Waals surface area contributed by atoms with Gasteiger partial charge in [-0.25, -0.2) is 0 Å². The van der Waals surface area contributed by atoms with Gasteiger partial charge < -0.3 is 15.3 Å². The van der Waals surface area contributed by atoms with Gasteiger partial charge in [-0.05, 0) is 26.3 Å². The van der Waals surface area contributed by atoms with E-state index in [1.807, 2.05) is 25.7 Å². The predicted octanol–water partition coefficient (Wildman–Crippen LogP) is 1.24. The number of carbonyl (C=O) groups excluding carboxylic acids is 1. The number of nitrogens with one attached hydrogen (secondary N) is 1. The van der Waals surface area contributed by atoms with Gasteiger partial charge in [0, 0.05) is 31.0 Å². The molecule has 1 rings (SSSR count). The highest BCUT2D eigenvalue weighted by Crippen LogP contribution is 2.21. The van der Waals surface area contributed by atoms with E-state index in [0.29, 0.717) is 12.6 Å². The number of nitrogens with zero attached hydrogens (tertiary/aromatic N) is 1. The molecule has 0 spiro atoms. The summed E-state index contributed by atoms with van der Waals surface area (Å²) in [4.78, 5) is 14.0. The average Bonchev–Trinajstić information content (AvgIpc) is 2.34. The first kappa shape index (κ1) is 15.4.